The van der Waals surface area contributed by atoms with Gasteiger partial charge in [0.2, 0.25) is 21.9 Å². The molecule has 0 aliphatic rings. The van der Waals surface area contributed by atoms with Crippen LogP contribution in [-0.2, 0) is 11.1 Å². The Morgan fingerprint density at radius 3 is 2.64 bits per heavy atom. The smallest absolute Gasteiger partial charge is 0.226 e. The highest BCUT2D eigenvalue weighted by atomic mass is 32.2. The maximum Gasteiger partial charge on any atom is 0.226 e. The predicted octanol–water partition coefficient (Wildman–Crippen LogP) is 1.32. The van der Waals surface area contributed by atoms with Crippen LogP contribution in [0.3, 0.4) is 0 Å². The standard InChI is InChI=1S/C8H6N2O3S/c11-14(12)8-7(13-10-9-8)6-4-2-1-3-5-6/h1-5H,(H,11,12). The number of hydrogen-bond donors (Lipinski definition) is 1. The van der Waals surface area contributed by atoms with E-state index >= 15 is 0 Å². The van der Waals surface area contributed by atoms with Crippen LogP contribution in [0.1, 0.15) is 0 Å². The summed E-state index contributed by atoms with van der Waals surface area (Å²) in [5, 5.41) is 6.61. The lowest BCUT2D eigenvalue weighted by atomic mass is 10.2. The van der Waals surface area contributed by atoms with Gasteiger partial charge in [0.05, 0.1) is 0 Å². The van der Waals surface area contributed by atoms with Crippen LogP contribution in [0, 0.1) is 0 Å². The van der Waals surface area contributed by atoms with Crippen molar-refractivity contribution in [1.29, 1.82) is 0 Å². The van der Waals surface area contributed by atoms with E-state index in [4.69, 9.17) is 9.08 Å². The fourth-order valence-electron chi connectivity index (χ4n) is 1.06. The average molecular weight is 210 g/mol. The Kier molecular flexibility index (Phi) is 2.38. The van der Waals surface area contributed by atoms with E-state index in [0.717, 1.165) is 0 Å². The summed E-state index contributed by atoms with van der Waals surface area (Å²) in [5.74, 6) is 0.228. The molecule has 1 atom stereocenters. The number of hydrogen-bond acceptors (Lipinski definition) is 4. The van der Waals surface area contributed by atoms with Gasteiger partial charge < -0.3 is 9.08 Å². The van der Waals surface area contributed by atoms with Gasteiger partial charge >= 0.3 is 0 Å². The van der Waals surface area contributed by atoms with Crippen molar-refractivity contribution >= 4 is 11.1 Å². The molecule has 6 heteroatoms. The Morgan fingerprint density at radius 1 is 1.29 bits per heavy atom. The minimum absolute atomic E-state index is 0.0591. The van der Waals surface area contributed by atoms with Crippen LogP contribution in [0.15, 0.2) is 39.9 Å². The minimum atomic E-state index is -2.18. The van der Waals surface area contributed by atoms with Gasteiger partial charge in [-0.2, -0.15) is 0 Å². The van der Waals surface area contributed by atoms with E-state index in [1.165, 1.54) is 0 Å². The summed E-state index contributed by atoms with van der Waals surface area (Å²) < 4.78 is 24.5. The molecule has 0 amide bonds. The van der Waals surface area contributed by atoms with Crippen molar-refractivity contribution in [1.82, 2.24) is 10.4 Å². The molecule has 14 heavy (non-hydrogen) atoms. The van der Waals surface area contributed by atoms with E-state index in [1.54, 1.807) is 24.3 Å². The summed E-state index contributed by atoms with van der Waals surface area (Å²) in [5.41, 5.74) is 0.676. The summed E-state index contributed by atoms with van der Waals surface area (Å²) in [7, 11) is 0. The zero-order valence-electron chi connectivity index (χ0n) is 6.95. The maximum atomic E-state index is 10.8. The molecule has 0 aliphatic carbocycles. The second-order valence-electron chi connectivity index (χ2n) is 2.52. The van der Waals surface area contributed by atoms with E-state index < -0.39 is 11.1 Å². The van der Waals surface area contributed by atoms with E-state index in [2.05, 4.69) is 10.4 Å². The minimum Gasteiger partial charge on any atom is -0.335 e. The molecule has 1 N–H and O–H groups in total. The largest absolute Gasteiger partial charge is 0.335 e. The first-order valence-corrected chi connectivity index (χ1v) is 4.88. The van der Waals surface area contributed by atoms with Crippen molar-refractivity contribution in [2.75, 3.05) is 0 Å². The molecule has 0 saturated carbocycles. The Bertz CT molecular complexity index is 455. The lowest BCUT2D eigenvalue weighted by Gasteiger charge is -1.94. The third kappa shape index (κ3) is 1.57. The first kappa shape index (κ1) is 9.04. The molecule has 0 aliphatic heterocycles. The highest BCUT2D eigenvalue weighted by Gasteiger charge is 2.16. The second-order valence-corrected chi connectivity index (χ2v) is 3.41. The zero-order valence-corrected chi connectivity index (χ0v) is 7.77. The monoisotopic (exact) mass is 210 g/mol. The highest BCUT2D eigenvalue weighted by molar-refractivity contribution is 7.79. The van der Waals surface area contributed by atoms with Crippen LogP contribution in [0.2, 0.25) is 0 Å². The molecular weight excluding hydrogens is 204 g/mol. The van der Waals surface area contributed by atoms with Gasteiger partial charge in [-0.1, -0.05) is 35.4 Å². The van der Waals surface area contributed by atoms with Gasteiger partial charge in [0.1, 0.15) is 0 Å². The van der Waals surface area contributed by atoms with E-state index in [-0.39, 0.29) is 10.8 Å². The molecule has 72 valence electrons. The van der Waals surface area contributed by atoms with E-state index in [0.29, 0.717) is 5.56 Å². The second kappa shape index (κ2) is 3.69. The quantitative estimate of drug-likeness (QED) is 0.756. The van der Waals surface area contributed by atoms with Crippen LogP contribution >= 0.6 is 0 Å². The van der Waals surface area contributed by atoms with Crippen molar-refractivity contribution in [3.63, 3.8) is 0 Å². The molecule has 2 aromatic rings. The molecule has 0 bridgehead atoms. The first-order chi connectivity index (χ1) is 6.79. The van der Waals surface area contributed by atoms with Gasteiger partial charge in [-0.25, -0.2) is 4.21 Å². The lowest BCUT2D eigenvalue weighted by molar-refractivity contribution is 0.403. The van der Waals surface area contributed by atoms with Gasteiger partial charge in [-0.3, -0.25) is 0 Å². The molecule has 1 aromatic carbocycles. The van der Waals surface area contributed by atoms with Crippen LogP contribution in [-0.4, -0.2) is 19.1 Å². The summed E-state index contributed by atoms with van der Waals surface area (Å²) >= 11 is -2.18. The normalized spacial score (nSPS) is 12.6. The van der Waals surface area contributed by atoms with Gasteiger partial charge in [-0.15, -0.1) is 0 Å². The van der Waals surface area contributed by atoms with Crippen molar-refractivity contribution in [2.45, 2.75) is 5.03 Å². The zero-order chi connectivity index (χ0) is 9.97. The average Bonchev–Trinajstić information content (AvgIpc) is 2.67. The third-order valence-electron chi connectivity index (χ3n) is 1.66. The number of nitrogens with zero attached hydrogens (tertiary/aromatic N) is 2. The molecule has 0 fully saturated rings. The Hall–Kier alpha value is -1.53. The lowest BCUT2D eigenvalue weighted by Crippen LogP contribution is -1.91. The maximum absolute atomic E-state index is 10.8. The topological polar surface area (TPSA) is 76.2 Å². The Labute approximate surface area is 82.0 Å². The summed E-state index contributed by atoms with van der Waals surface area (Å²) in [4.78, 5) is 0. The molecule has 2 rings (SSSR count). The predicted molar refractivity (Wildman–Crippen MR) is 48.8 cm³/mol. The van der Waals surface area contributed by atoms with Crippen LogP contribution in [0.5, 0.6) is 0 Å². The SMILES string of the molecule is O=S(O)c1nnoc1-c1ccccc1. The van der Waals surface area contributed by atoms with Crippen LogP contribution in [0.4, 0.5) is 0 Å². The third-order valence-corrected chi connectivity index (χ3v) is 2.26. The molecular formula is C8H6N2O3S. The molecule has 1 unspecified atom stereocenters. The van der Waals surface area contributed by atoms with Gasteiger partial charge in [0.15, 0.2) is 0 Å². The van der Waals surface area contributed by atoms with Crippen molar-refractivity contribution in [2.24, 2.45) is 0 Å². The first-order valence-electron chi connectivity index (χ1n) is 3.77. The number of benzene rings is 1. The fourth-order valence-corrected chi connectivity index (χ4v) is 1.48. The van der Waals surface area contributed by atoms with E-state index in [1.807, 2.05) is 6.07 Å². The highest BCUT2D eigenvalue weighted by Crippen LogP contribution is 2.22. The molecule has 0 radical (unpaired) electrons. The summed E-state index contributed by atoms with van der Waals surface area (Å²) in [6.07, 6.45) is 0. The van der Waals surface area contributed by atoms with Gasteiger partial charge in [0, 0.05) is 10.8 Å². The fraction of sp³-hybridized carbons (Fsp3) is 0. The van der Waals surface area contributed by atoms with Crippen LogP contribution < -0.4 is 0 Å². The van der Waals surface area contributed by atoms with E-state index in [9.17, 15) is 4.21 Å². The van der Waals surface area contributed by atoms with Gasteiger partial charge in [-0.05, 0) is 0 Å². The molecule has 1 heterocycles. The summed E-state index contributed by atoms with van der Waals surface area (Å²) in [6, 6.07) is 8.92. The van der Waals surface area contributed by atoms with Crippen molar-refractivity contribution in [3.8, 4) is 11.3 Å². The van der Waals surface area contributed by atoms with Crippen molar-refractivity contribution in [3.05, 3.63) is 30.3 Å². The van der Waals surface area contributed by atoms with Crippen LogP contribution in [0.25, 0.3) is 11.3 Å². The van der Waals surface area contributed by atoms with Gasteiger partial charge in [0.25, 0.3) is 0 Å². The number of aromatic nitrogens is 2. The Balaban J connectivity index is 2.52. The Morgan fingerprint density at radius 2 is 2.00 bits per heavy atom. The number of rotatable bonds is 2. The summed E-state index contributed by atoms with van der Waals surface area (Å²) in [6.45, 7) is 0. The molecule has 0 spiro atoms. The molecule has 5 nitrogen and oxygen atoms in total. The van der Waals surface area contributed by atoms with Crippen molar-refractivity contribution < 1.29 is 13.3 Å². The molecule has 0 saturated heterocycles. The molecule has 1 aromatic heterocycles.